The largest absolute Gasteiger partial charge is 0.465 e. The standard InChI is InChI=1S/C23H23ClF3N5O2/c1-28-12-14-13-29-19-4-2-15(24)10-17(19)21(14)30-16-3-5-20(18(11-16)23(25,26)27)31-6-8-32(9-7-31)22(33)34/h2-5,10-11,13,28H,6-9,12H2,1H3,(H,29,30)(H,33,34). The highest BCUT2D eigenvalue weighted by Crippen LogP contribution is 2.40. The van der Waals surface area contributed by atoms with E-state index in [1.165, 1.54) is 11.0 Å². The molecule has 11 heteroatoms. The molecule has 0 unspecified atom stereocenters. The summed E-state index contributed by atoms with van der Waals surface area (Å²) in [5.74, 6) is 0. The highest BCUT2D eigenvalue weighted by atomic mass is 35.5. The molecule has 3 N–H and O–H groups in total. The Morgan fingerprint density at radius 3 is 2.53 bits per heavy atom. The minimum absolute atomic E-state index is 0.0289. The lowest BCUT2D eigenvalue weighted by Gasteiger charge is -2.36. The SMILES string of the molecule is CNCc1cnc2ccc(Cl)cc2c1Nc1ccc(N2CCN(C(=O)O)CC2)c(C(F)(F)F)c1. The van der Waals surface area contributed by atoms with Gasteiger partial charge in [-0.1, -0.05) is 11.6 Å². The van der Waals surface area contributed by atoms with Crippen LogP contribution in [0.5, 0.6) is 0 Å². The maximum Gasteiger partial charge on any atom is 0.418 e. The second-order valence-corrected chi connectivity index (χ2v) is 8.40. The maximum atomic E-state index is 14.0. The van der Waals surface area contributed by atoms with Crippen LogP contribution in [0.2, 0.25) is 5.02 Å². The van der Waals surface area contributed by atoms with Crippen molar-refractivity contribution in [3.63, 3.8) is 0 Å². The van der Waals surface area contributed by atoms with Crippen LogP contribution in [0, 0.1) is 0 Å². The Morgan fingerprint density at radius 1 is 1.15 bits per heavy atom. The number of halogens is 4. The van der Waals surface area contributed by atoms with Gasteiger partial charge in [0.05, 0.1) is 16.8 Å². The number of amides is 1. The monoisotopic (exact) mass is 493 g/mol. The number of hydrogen-bond acceptors (Lipinski definition) is 5. The lowest BCUT2D eigenvalue weighted by Crippen LogP contribution is -2.48. The number of piperazine rings is 1. The van der Waals surface area contributed by atoms with Crippen LogP contribution in [0.25, 0.3) is 10.9 Å². The molecule has 0 radical (unpaired) electrons. The number of nitrogens with zero attached hydrogens (tertiary/aromatic N) is 3. The van der Waals surface area contributed by atoms with E-state index in [2.05, 4.69) is 15.6 Å². The van der Waals surface area contributed by atoms with Crippen LogP contribution >= 0.6 is 11.6 Å². The summed E-state index contributed by atoms with van der Waals surface area (Å²) in [6.07, 6.45) is -3.98. The molecule has 0 spiro atoms. The van der Waals surface area contributed by atoms with Gasteiger partial charge in [0, 0.05) is 66.3 Å². The van der Waals surface area contributed by atoms with Gasteiger partial charge in [0.1, 0.15) is 0 Å². The first kappa shape index (κ1) is 23.9. The molecule has 0 saturated carbocycles. The average Bonchev–Trinajstić information content (AvgIpc) is 2.80. The molecule has 2 heterocycles. The van der Waals surface area contributed by atoms with E-state index in [0.717, 1.165) is 11.6 Å². The normalized spacial score (nSPS) is 14.5. The van der Waals surface area contributed by atoms with Gasteiger partial charge in [0.15, 0.2) is 0 Å². The Bertz CT molecular complexity index is 1210. The van der Waals surface area contributed by atoms with E-state index in [1.807, 2.05) is 0 Å². The number of pyridine rings is 1. The fourth-order valence-electron chi connectivity index (χ4n) is 4.08. The smallest absolute Gasteiger partial charge is 0.418 e. The number of nitrogens with one attached hydrogen (secondary N) is 2. The van der Waals surface area contributed by atoms with Crippen molar-refractivity contribution in [3.8, 4) is 0 Å². The first-order valence-corrected chi connectivity index (χ1v) is 11.0. The summed E-state index contributed by atoms with van der Waals surface area (Å²) in [5.41, 5.74) is 1.58. The topological polar surface area (TPSA) is 80.7 Å². The van der Waals surface area contributed by atoms with Crippen LogP contribution in [-0.2, 0) is 12.7 Å². The van der Waals surface area contributed by atoms with Gasteiger partial charge in [-0.3, -0.25) is 4.98 Å². The lowest BCUT2D eigenvalue weighted by atomic mass is 10.1. The number of benzene rings is 2. The second kappa shape index (κ2) is 9.55. The van der Waals surface area contributed by atoms with E-state index in [9.17, 15) is 18.0 Å². The number of carbonyl (C=O) groups is 1. The molecule has 3 aromatic rings. The van der Waals surface area contributed by atoms with Crippen molar-refractivity contribution >= 4 is 45.7 Å². The second-order valence-electron chi connectivity index (χ2n) is 7.96. The molecule has 34 heavy (non-hydrogen) atoms. The first-order chi connectivity index (χ1) is 16.2. The molecule has 4 rings (SSSR count). The van der Waals surface area contributed by atoms with E-state index < -0.39 is 17.8 Å². The molecule has 1 aromatic heterocycles. The Hall–Kier alpha value is -3.24. The molecule has 0 bridgehead atoms. The van der Waals surface area contributed by atoms with Crippen molar-refractivity contribution in [2.24, 2.45) is 0 Å². The summed E-state index contributed by atoms with van der Waals surface area (Å²) in [5, 5.41) is 16.5. The fraction of sp³-hybridized carbons (Fsp3) is 0.304. The molecule has 7 nitrogen and oxygen atoms in total. The van der Waals surface area contributed by atoms with Gasteiger partial charge < -0.3 is 25.5 Å². The number of anilines is 3. The highest BCUT2D eigenvalue weighted by Gasteiger charge is 2.36. The molecular weight excluding hydrogens is 471 g/mol. The van der Waals surface area contributed by atoms with Crippen molar-refractivity contribution in [1.29, 1.82) is 0 Å². The summed E-state index contributed by atoms with van der Waals surface area (Å²) in [6.45, 7) is 1.10. The zero-order valence-electron chi connectivity index (χ0n) is 18.3. The van der Waals surface area contributed by atoms with E-state index in [4.69, 9.17) is 16.7 Å². The Kier molecular flexibility index (Phi) is 6.72. The molecule has 180 valence electrons. The van der Waals surface area contributed by atoms with Crippen molar-refractivity contribution in [3.05, 3.63) is 58.7 Å². The van der Waals surface area contributed by atoms with Crippen LogP contribution in [0.1, 0.15) is 11.1 Å². The van der Waals surface area contributed by atoms with Crippen LogP contribution in [-0.4, -0.2) is 54.3 Å². The van der Waals surface area contributed by atoms with Gasteiger partial charge in [-0.15, -0.1) is 0 Å². The summed E-state index contributed by atoms with van der Waals surface area (Å²) < 4.78 is 42.1. The van der Waals surface area contributed by atoms with Gasteiger partial charge in [0.25, 0.3) is 0 Å². The van der Waals surface area contributed by atoms with Crippen LogP contribution in [0.4, 0.5) is 35.0 Å². The number of carboxylic acid groups (broad SMARTS) is 1. The minimum atomic E-state index is -4.59. The number of fused-ring (bicyclic) bond motifs is 1. The lowest BCUT2D eigenvalue weighted by molar-refractivity contribution is -0.137. The summed E-state index contributed by atoms with van der Waals surface area (Å²) in [6, 6.07) is 9.29. The molecule has 1 fully saturated rings. The van der Waals surface area contributed by atoms with Gasteiger partial charge in [-0.25, -0.2) is 4.79 Å². The zero-order chi connectivity index (χ0) is 24.5. The predicted octanol–water partition coefficient (Wildman–Crippen LogP) is 5.17. The zero-order valence-corrected chi connectivity index (χ0v) is 19.0. The molecule has 1 aliphatic heterocycles. The Balaban J connectivity index is 1.72. The van der Waals surface area contributed by atoms with Crippen molar-refractivity contribution in [2.45, 2.75) is 12.7 Å². The van der Waals surface area contributed by atoms with Gasteiger partial charge in [-0.2, -0.15) is 13.2 Å². The minimum Gasteiger partial charge on any atom is -0.465 e. The average molecular weight is 494 g/mol. The van der Waals surface area contributed by atoms with E-state index in [1.54, 1.807) is 42.4 Å². The number of alkyl halides is 3. The third-order valence-electron chi connectivity index (χ3n) is 5.74. The summed E-state index contributed by atoms with van der Waals surface area (Å²) in [7, 11) is 1.77. The molecular formula is C23H23ClF3N5O2. The molecule has 1 saturated heterocycles. The molecule has 1 aliphatic rings. The third kappa shape index (κ3) is 4.97. The van der Waals surface area contributed by atoms with E-state index in [0.29, 0.717) is 28.2 Å². The van der Waals surface area contributed by atoms with Crippen molar-refractivity contribution in [2.75, 3.05) is 43.4 Å². The molecule has 2 aromatic carbocycles. The Labute approximate surface area is 199 Å². The summed E-state index contributed by atoms with van der Waals surface area (Å²) in [4.78, 5) is 18.3. The van der Waals surface area contributed by atoms with Crippen LogP contribution in [0.3, 0.4) is 0 Å². The fourth-order valence-corrected chi connectivity index (χ4v) is 4.25. The third-order valence-corrected chi connectivity index (χ3v) is 5.97. The van der Waals surface area contributed by atoms with Crippen LogP contribution < -0.4 is 15.5 Å². The van der Waals surface area contributed by atoms with E-state index >= 15 is 0 Å². The molecule has 0 atom stereocenters. The number of rotatable bonds is 5. The highest BCUT2D eigenvalue weighted by molar-refractivity contribution is 6.31. The molecule has 1 amide bonds. The quantitative estimate of drug-likeness (QED) is 0.455. The van der Waals surface area contributed by atoms with E-state index in [-0.39, 0.29) is 37.6 Å². The molecule has 0 aliphatic carbocycles. The van der Waals surface area contributed by atoms with Gasteiger partial charge in [-0.05, 0) is 43.4 Å². The van der Waals surface area contributed by atoms with Gasteiger partial charge in [0.2, 0.25) is 0 Å². The maximum absolute atomic E-state index is 14.0. The first-order valence-electron chi connectivity index (χ1n) is 10.6. The number of hydrogen-bond donors (Lipinski definition) is 3. The van der Waals surface area contributed by atoms with Gasteiger partial charge >= 0.3 is 12.3 Å². The predicted molar refractivity (Wildman–Crippen MR) is 126 cm³/mol. The Morgan fingerprint density at radius 2 is 1.88 bits per heavy atom. The number of aromatic nitrogens is 1. The van der Waals surface area contributed by atoms with Crippen molar-refractivity contribution < 1.29 is 23.1 Å². The summed E-state index contributed by atoms with van der Waals surface area (Å²) >= 11 is 6.18. The van der Waals surface area contributed by atoms with Crippen molar-refractivity contribution in [1.82, 2.24) is 15.2 Å². The van der Waals surface area contributed by atoms with Crippen LogP contribution in [0.15, 0.2) is 42.6 Å².